The molecule has 22 heavy (non-hydrogen) atoms. The van der Waals surface area contributed by atoms with Crippen LogP contribution >= 0.6 is 11.6 Å². The van der Waals surface area contributed by atoms with Crippen LogP contribution in [0, 0.1) is 0 Å². The molecule has 120 valence electrons. The summed E-state index contributed by atoms with van der Waals surface area (Å²) in [5.41, 5.74) is 0. The average molecular weight is 327 g/mol. The molecule has 1 fully saturated rings. The number of halogens is 1. The first-order chi connectivity index (χ1) is 10.6. The van der Waals surface area contributed by atoms with Crippen LogP contribution in [0.5, 0.6) is 5.75 Å². The number of carboxylic acid groups (broad SMARTS) is 1. The molecule has 1 aliphatic heterocycles. The Bertz CT molecular complexity index is 538. The number of ether oxygens (including phenoxy) is 1. The number of carbonyl (C=O) groups is 2. The van der Waals surface area contributed by atoms with E-state index in [9.17, 15) is 9.59 Å². The summed E-state index contributed by atoms with van der Waals surface area (Å²) in [7, 11) is 0. The van der Waals surface area contributed by atoms with Gasteiger partial charge in [0.15, 0.2) is 0 Å². The molecule has 0 bridgehead atoms. The number of hydrogen-bond donors (Lipinski definition) is 2. The number of carboxylic acids is 1. The molecule has 1 aliphatic rings. The highest BCUT2D eigenvalue weighted by Gasteiger charge is 2.31. The molecule has 0 aromatic heterocycles. The van der Waals surface area contributed by atoms with E-state index in [2.05, 4.69) is 5.32 Å². The Balaban J connectivity index is 1.66. The highest BCUT2D eigenvalue weighted by Crippen LogP contribution is 2.17. The number of hydrogen-bond acceptors (Lipinski definition) is 4. The molecular formula is C15H19ClN2O4. The van der Waals surface area contributed by atoms with Crippen molar-refractivity contribution in [1.82, 2.24) is 10.2 Å². The van der Waals surface area contributed by atoms with Crippen LogP contribution < -0.4 is 10.1 Å². The number of aliphatic carboxylic acids is 1. The molecule has 0 spiro atoms. The number of rotatable bonds is 7. The fourth-order valence-corrected chi connectivity index (χ4v) is 2.63. The SMILES string of the molecule is O=C(CN1CCC[C@H]1C(=O)O)NCCOc1cccc(Cl)c1. The molecule has 1 aromatic carbocycles. The lowest BCUT2D eigenvalue weighted by atomic mass is 10.2. The second kappa shape index (κ2) is 8.00. The zero-order chi connectivity index (χ0) is 15.9. The highest BCUT2D eigenvalue weighted by atomic mass is 35.5. The normalized spacial score (nSPS) is 18.1. The van der Waals surface area contributed by atoms with Gasteiger partial charge in [-0.1, -0.05) is 17.7 Å². The van der Waals surface area contributed by atoms with Crippen molar-refractivity contribution in [2.45, 2.75) is 18.9 Å². The first-order valence-corrected chi connectivity index (χ1v) is 7.56. The topological polar surface area (TPSA) is 78.9 Å². The smallest absolute Gasteiger partial charge is 0.320 e. The third kappa shape index (κ3) is 4.89. The molecule has 0 saturated carbocycles. The van der Waals surface area contributed by atoms with Crippen LogP contribution in [0.25, 0.3) is 0 Å². The maximum absolute atomic E-state index is 11.8. The molecule has 1 atom stereocenters. The maximum Gasteiger partial charge on any atom is 0.320 e. The first-order valence-electron chi connectivity index (χ1n) is 7.18. The Labute approximate surface area is 134 Å². The van der Waals surface area contributed by atoms with Crippen LogP contribution in [0.2, 0.25) is 5.02 Å². The van der Waals surface area contributed by atoms with E-state index in [1.165, 1.54) is 0 Å². The van der Waals surface area contributed by atoms with Crippen LogP contribution in [0.4, 0.5) is 0 Å². The van der Waals surface area contributed by atoms with Crippen molar-refractivity contribution in [3.63, 3.8) is 0 Å². The van der Waals surface area contributed by atoms with E-state index >= 15 is 0 Å². The monoisotopic (exact) mass is 326 g/mol. The number of likely N-dealkylation sites (tertiary alicyclic amines) is 1. The number of carbonyl (C=O) groups excluding carboxylic acids is 1. The minimum absolute atomic E-state index is 0.105. The molecule has 2 N–H and O–H groups in total. The fourth-order valence-electron chi connectivity index (χ4n) is 2.45. The largest absolute Gasteiger partial charge is 0.492 e. The van der Waals surface area contributed by atoms with Crippen molar-refractivity contribution in [3.05, 3.63) is 29.3 Å². The van der Waals surface area contributed by atoms with Crippen molar-refractivity contribution in [2.24, 2.45) is 0 Å². The molecule has 0 aliphatic carbocycles. The van der Waals surface area contributed by atoms with Gasteiger partial charge in [0, 0.05) is 5.02 Å². The van der Waals surface area contributed by atoms with Gasteiger partial charge in [-0.3, -0.25) is 14.5 Å². The second-order valence-corrected chi connectivity index (χ2v) is 5.56. The zero-order valence-electron chi connectivity index (χ0n) is 12.1. The Morgan fingerprint density at radius 3 is 3.00 bits per heavy atom. The van der Waals surface area contributed by atoms with E-state index in [0.717, 1.165) is 6.42 Å². The predicted molar refractivity (Wildman–Crippen MR) is 82.2 cm³/mol. The Kier molecular flexibility index (Phi) is 6.03. The van der Waals surface area contributed by atoms with E-state index in [4.69, 9.17) is 21.4 Å². The van der Waals surface area contributed by atoms with Gasteiger partial charge in [-0.2, -0.15) is 0 Å². The summed E-state index contributed by atoms with van der Waals surface area (Å²) in [5, 5.41) is 12.4. The van der Waals surface area contributed by atoms with E-state index in [-0.39, 0.29) is 12.5 Å². The Morgan fingerprint density at radius 2 is 2.27 bits per heavy atom. The quantitative estimate of drug-likeness (QED) is 0.740. The van der Waals surface area contributed by atoms with Crippen LogP contribution in [-0.4, -0.2) is 54.2 Å². The molecule has 6 nitrogen and oxygen atoms in total. The molecule has 1 saturated heterocycles. The molecule has 1 amide bonds. The van der Waals surface area contributed by atoms with Crippen molar-refractivity contribution in [2.75, 3.05) is 26.2 Å². The van der Waals surface area contributed by atoms with Gasteiger partial charge in [0.25, 0.3) is 0 Å². The van der Waals surface area contributed by atoms with Crippen molar-refractivity contribution in [1.29, 1.82) is 0 Å². The van der Waals surface area contributed by atoms with Gasteiger partial charge in [0.1, 0.15) is 18.4 Å². The first kappa shape index (κ1) is 16.6. The van der Waals surface area contributed by atoms with Gasteiger partial charge in [-0.25, -0.2) is 0 Å². The molecule has 7 heteroatoms. The molecule has 0 unspecified atom stereocenters. The lowest BCUT2D eigenvalue weighted by Crippen LogP contribution is -2.43. The van der Waals surface area contributed by atoms with E-state index in [1.807, 2.05) is 0 Å². The predicted octanol–water partition coefficient (Wildman–Crippen LogP) is 1.38. The summed E-state index contributed by atoms with van der Waals surface area (Å²) in [4.78, 5) is 24.5. The zero-order valence-corrected chi connectivity index (χ0v) is 12.9. The number of nitrogens with zero attached hydrogens (tertiary/aromatic N) is 1. The third-order valence-corrected chi connectivity index (χ3v) is 3.72. The average Bonchev–Trinajstić information content (AvgIpc) is 2.92. The van der Waals surface area contributed by atoms with E-state index in [0.29, 0.717) is 36.9 Å². The number of benzene rings is 1. The van der Waals surface area contributed by atoms with E-state index in [1.54, 1.807) is 29.2 Å². The third-order valence-electron chi connectivity index (χ3n) is 3.48. The summed E-state index contributed by atoms with van der Waals surface area (Å²) < 4.78 is 5.46. The van der Waals surface area contributed by atoms with Gasteiger partial charge in [0.2, 0.25) is 5.91 Å². The van der Waals surface area contributed by atoms with Gasteiger partial charge >= 0.3 is 5.97 Å². The van der Waals surface area contributed by atoms with Crippen molar-refractivity contribution < 1.29 is 19.4 Å². The van der Waals surface area contributed by atoms with E-state index < -0.39 is 12.0 Å². The Morgan fingerprint density at radius 1 is 1.45 bits per heavy atom. The van der Waals surface area contributed by atoms with Gasteiger partial charge < -0.3 is 15.2 Å². The highest BCUT2D eigenvalue weighted by molar-refractivity contribution is 6.30. The minimum atomic E-state index is -0.866. The lowest BCUT2D eigenvalue weighted by Gasteiger charge is -2.20. The standard InChI is InChI=1S/C15H19ClN2O4/c16-11-3-1-4-12(9-11)22-8-6-17-14(19)10-18-7-2-5-13(18)15(20)21/h1,3-4,9,13H,2,5-8,10H2,(H,17,19)(H,20,21)/t13-/m0/s1. The molecule has 1 aromatic rings. The molecule has 0 radical (unpaired) electrons. The van der Waals surface area contributed by atoms with Crippen LogP contribution in [-0.2, 0) is 9.59 Å². The fraction of sp³-hybridized carbons (Fsp3) is 0.467. The Hall–Kier alpha value is -1.79. The summed E-state index contributed by atoms with van der Waals surface area (Å²) in [6.07, 6.45) is 1.41. The summed E-state index contributed by atoms with van der Waals surface area (Å²) in [6, 6.07) is 6.48. The van der Waals surface area contributed by atoms with Gasteiger partial charge in [-0.05, 0) is 37.6 Å². The summed E-state index contributed by atoms with van der Waals surface area (Å²) in [6.45, 7) is 1.43. The van der Waals surface area contributed by atoms with Crippen LogP contribution in [0.3, 0.4) is 0 Å². The maximum atomic E-state index is 11.8. The van der Waals surface area contributed by atoms with Crippen molar-refractivity contribution in [3.8, 4) is 5.75 Å². The van der Waals surface area contributed by atoms with Gasteiger partial charge in [0.05, 0.1) is 13.1 Å². The lowest BCUT2D eigenvalue weighted by molar-refractivity contribution is -0.142. The van der Waals surface area contributed by atoms with Gasteiger partial charge in [-0.15, -0.1) is 0 Å². The second-order valence-electron chi connectivity index (χ2n) is 5.12. The minimum Gasteiger partial charge on any atom is -0.492 e. The van der Waals surface area contributed by atoms with Crippen LogP contribution in [0.1, 0.15) is 12.8 Å². The molecule has 1 heterocycles. The number of amides is 1. The number of nitrogens with one attached hydrogen (secondary N) is 1. The summed E-state index contributed by atoms with van der Waals surface area (Å²) >= 11 is 5.84. The molecular weight excluding hydrogens is 308 g/mol. The molecule has 2 rings (SSSR count). The van der Waals surface area contributed by atoms with Crippen LogP contribution in [0.15, 0.2) is 24.3 Å². The van der Waals surface area contributed by atoms with Crippen molar-refractivity contribution >= 4 is 23.5 Å². The summed E-state index contributed by atoms with van der Waals surface area (Å²) in [5.74, 6) is -0.412.